The Morgan fingerprint density at radius 3 is 2.73 bits per heavy atom. The van der Waals surface area contributed by atoms with Gasteiger partial charge in [-0.3, -0.25) is 4.79 Å². The zero-order valence-corrected chi connectivity index (χ0v) is 9.37. The normalized spacial score (nSPS) is 11.1. The molecule has 1 amide bonds. The summed E-state index contributed by atoms with van der Waals surface area (Å²) in [7, 11) is 5.51. The summed E-state index contributed by atoms with van der Waals surface area (Å²) in [5, 5.41) is 2.74. The number of hydrogen-bond donors (Lipinski definition) is 1. The van der Waals surface area contributed by atoms with E-state index in [1.807, 2.05) is 20.8 Å². The molecule has 0 atom stereocenters. The minimum atomic E-state index is -0.383. The quantitative estimate of drug-likeness (QED) is 0.749. The minimum absolute atomic E-state index is 0.0388. The lowest BCUT2D eigenvalue weighted by molar-refractivity contribution is -0.124. The van der Waals surface area contributed by atoms with Gasteiger partial charge in [0.15, 0.2) is 0 Å². The predicted octanol–water partition coefficient (Wildman–Crippen LogP) is 1.25. The molecule has 1 rings (SSSR count). The van der Waals surface area contributed by atoms with Crippen molar-refractivity contribution < 1.29 is 4.79 Å². The second-order valence-electron chi connectivity index (χ2n) is 4.14. The van der Waals surface area contributed by atoms with Crippen LogP contribution in [0.3, 0.4) is 0 Å². The van der Waals surface area contributed by atoms with E-state index in [-0.39, 0.29) is 11.3 Å². The third kappa shape index (κ3) is 3.08. The van der Waals surface area contributed by atoms with E-state index in [1.54, 1.807) is 18.2 Å². The molecule has 0 aliphatic carbocycles. The number of hydrogen-bond acceptors (Lipinski definition) is 2. The standard InChI is InChI=1S/C11H15BN2O/c1-4-11(2,3)10(15)14-9-7-5-6-8(12)13-9/h5-7H,4H2,1-3H3,(H,13,14,15). The van der Waals surface area contributed by atoms with E-state index in [9.17, 15) is 4.79 Å². The highest BCUT2D eigenvalue weighted by Crippen LogP contribution is 2.21. The molecule has 1 aromatic heterocycles. The highest BCUT2D eigenvalue weighted by molar-refractivity contribution is 6.30. The molecule has 0 bridgehead atoms. The molecule has 1 aromatic rings. The van der Waals surface area contributed by atoms with Crippen LogP contribution in [0.4, 0.5) is 5.82 Å². The van der Waals surface area contributed by atoms with Gasteiger partial charge in [0.2, 0.25) is 5.91 Å². The third-order valence-electron chi connectivity index (χ3n) is 2.51. The van der Waals surface area contributed by atoms with Crippen molar-refractivity contribution in [1.82, 2.24) is 4.98 Å². The number of carbonyl (C=O) groups is 1. The van der Waals surface area contributed by atoms with E-state index in [4.69, 9.17) is 7.85 Å². The Morgan fingerprint density at radius 2 is 2.20 bits per heavy atom. The van der Waals surface area contributed by atoms with Gasteiger partial charge in [-0.25, -0.2) is 4.98 Å². The number of rotatable bonds is 3. The monoisotopic (exact) mass is 202 g/mol. The largest absolute Gasteiger partial charge is 0.310 e. The topological polar surface area (TPSA) is 42.0 Å². The van der Waals surface area contributed by atoms with Crippen LogP contribution in [0.1, 0.15) is 27.2 Å². The number of pyridine rings is 1. The first kappa shape index (κ1) is 11.8. The summed E-state index contributed by atoms with van der Waals surface area (Å²) in [6.07, 6.45) is 0.779. The number of nitrogens with one attached hydrogen (secondary N) is 1. The predicted molar refractivity (Wildman–Crippen MR) is 62.3 cm³/mol. The number of aromatic nitrogens is 1. The summed E-state index contributed by atoms with van der Waals surface area (Å²) in [5.41, 5.74) is 0.0221. The van der Waals surface area contributed by atoms with Gasteiger partial charge in [0.05, 0.1) is 0 Å². The van der Waals surface area contributed by atoms with E-state index in [2.05, 4.69) is 10.3 Å². The lowest BCUT2D eigenvalue weighted by Crippen LogP contribution is -2.30. The molecular formula is C11H15BN2O. The Bertz CT molecular complexity index is 363. The van der Waals surface area contributed by atoms with Gasteiger partial charge < -0.3 is 5.32 Å². The zero-order valence-electron chi connectivity index (χ0n) is 9.37. The molecule has 0 saturated heterocycles. The molecule has 1 heterocycles. The van der Waals surface area contributed by atoms with Crippen LogP contribution in [0.15, 0.2) is 18.2 Å². The lowest BCUT2D eigenvalue weighted by atomic mass is 9.89. The molecular weight excluding hydrogens is 187 g/mol. The summed E-state index contributed by atoms with van der Waals surface area (Å²) in [4.78, 5) is 15.8. The van der Waals surface area contributed by atoms with E-state index in [0.29, 0.717) is 11.4 Å². The highest BCUT2D eigenvalue weighted by Gasteiger charge is 2.25. The van der Waals surface area contributed by atoms with Gasteiger partial charge in [0.1, 0.15) is 13.7 Å². The number of anilines is 1. The number of nitrogens with zero attached hydrogens (tertiary/aromatic N) is 1. The maximum absolute atomic E-state index is 11.8. The molecule has 15 heavy (non-hydrogen) atoms. The van der Waals surface area contributed by atoms with Crippen LogP contribution in [0.2, 0.25) is 0 Å². The maximum atomic E-state index is 11.8. The SMILES string of the molecule is [B]c1cccc(NC(=O)C(C)(C)CC)n1. The van der Waals surface area contributed by atoms with Crippen molar-refractivity contribution in [3.63, 3.8) is 0 Å². The van der Waals surface area contributed by atoms with Crippen molar-refractivity contribution in [1.29, 1.82) is 0 Å². The average Bonchev–Trinajstić information content (AvgIpc) is 2.17. The van der Waals surface area contributed by atoms with Crippen molar-refractivity contribution in [2.45, 2.75) is 27.2 Å². The molecule has 0 saturated carbocycles. The first-order valence-electron chi connectivity index (χ1n) is 4.99. The van der Waals surface area contributed by atoms with Crippen molar-refractivity contribution in [3.05, 3.63) is 18.2 Å². The van der Waals surface area contributed by atoms with Crippen LogP contribution >= 0.6 is 0 Å². The van der Waals surface area contributed by atoms with Gasteiger partial charge in [-0.2, -0.15) is 0 Å². The van der Waals surface area contributed by atoms with Gasteiger partial charge >= 0.3 is 0 Å². The molecule has 0 aromatic carbocycles. The molecule has 0 aliphatic rings. The van der Waals surface area contributed by atoms with Gasteiger partial charge in [0.25, 0.3) is 0 Å². The fourth-order valence-corrected chi connectivity index (χ4v) is 0.967. The summed E-state index contributed by atoms with van der Waals surface area (Å²) in [6.45, 7) is 5.77. The maximum Gasteiger partial charge on any atom is 0.231 e. The fourth-order valence-electron chi connectivity index (χ4n) is 0.967. The second-order valence-corrected chi connectivity index (χ2v) is 4.14. The van der Waals surface area contributed by atoms with Gasteiger partial charge in [0, 0.05) is 5.41 Å². The minimum Gasteiger partial charge on any atom is -0.310 e. The fraction of sp³-hybridized carbons (Fsp3) is 0.455. The molecule has 2 radical (unpaired) electrons. The molecule has 0 fully saturated rings. The summed E-state index contributed by atoms with van der Waals surface area (Å²) >= 11 is 0. The zero-order chi connectivity index (χ0) is 11.5. The Kier molecular flexibility index (Phi) is 3.50. The number of amides is 1. The van der Waals surface area contributed by atoms with E-state index >= 15 is 0 Å². The Balaban J connectivity index is 2.75. The molecule has 0 spiro atoms. The number of carbonyl (C=O) groups excluding carboxylic acids is 1. The first-order chi connectivity index (χ1) is 6.95. The van der Waals surface area contributed by atoms with E-state index in [1.165, 1.54) is 0 Å². The van der Waals surface area contributed by atoms with E-state index in [0.717, 1.165) is 6.42 Å². The van der Waals surface area contributed by atoms with Crippen LogP contribution in [0.5, 0.6) is 0 Å². The van der Waals surface area contributed by atoms with Crippen LogP contribution < -0.4 is 10.9 Å². The molecule has 4 heteroatoms. The second kappa shape index (κ2) is 4.47. The highest BCUT2D eigenvalue weighted by atomic mass is 16.2. The molecule has 0 unspecified atom stereocenters. The lowest BCUT2D eigenvalue weighted by Gasteiger charge is -2.21. The molecule has 1 N–H and O–H groups in total. The van der Waals surface area contributed by atoms with Crippen LogP contribution in [-0.2, 0) is 4.79 Å². The Morgan fingerprint density at radius 1 is 1.53 bits per heavy atom. The molecule has 3 nitrogen and oxygen atoms in total. The van der Waals surface area contributed by atoms with Crippen LogP contribution in [-0.4, -0.2) is 18.7 Å². The summed E-state index contributed by atoms with van der Waals surface area (Å²) < 4.78 is 0. The third-order valence-corrected chi connectivity index (χ3v) is 2.51. The van der Waals surface area contributed by atoms with Crippen LogP contribution in [0, 0.1) is 5.41 Å². The Hall–Kier alpha value is -1.32. The average molecular weight is 202 g/mol. The van der Waals surface area contributed by atoms with Gasteiger partial charge in [-0.1, -0.05) is 32.9 Å². The van der Waals surface area contributed by atoms with Crippen LogP contribution in [0.25, 0.3) is 0 Å². The molecule has 78 valence electrons. The summed E-state index contributed by atoms with van der Waals surface area (Å²) in [6, 6.07) is 5.16. The van der Waals surface area contributed by atoms with Crippen molar-refractivity contribution >= 4 is 25.2 Å². The van der Waals surface area contributed by atoms with Crippen molar-refractivity contribution in [3.8, 4) is 0 Å². The Labute approximate surface area is 91.7 Å². The van der Waals surface area contributed by atoms with Crippen molar-refractivity contribution in [2.24, 2.45) is 5.41 Å². The smallest absolute Gasteiger partial charge is 0.231 e. The first-order valence-corrected chi connectivity index (χ1v) is 4.99. The summed E-state index contributed by atoms with van der Waals surface area (Å²) in [5.74, 6) is 0.463. The van der Waals surface area contributed by atoms with Crippen molar-refractivity contribution in [2.75, 3.05) is 5.32 Å². The van der Waals surface area contributed by atoms with Gasteiger partial charge in [-0.05, 0) is 18.1 Å². The van der Waals surface area contributed by atoms with Gasteiger partial charge in [-0.15, -0.1) is 0 Å². The van der Waals surface area contributed by atoms with E-state index < -0.39 is 0 Å². The molecule has 0 aliphatic heterocycles.